The van der Waals surface area contributed by atoms with Gasteiger partial charge in [0.2, 0.25) is 0 Å². The zero-order chi connectivity index (χ0) is 22.8. The quantitative estimate of drug-likeness (QED) is 0.513. The second kappa shape index (κ2) is 9.10. The minimum absolute atomic E-state index is 0.0307. The Morgan fingerprint density at radius 1 is 0.969 bits per heavy atom. The van der Waals surface area contributed by atoms with Gasteiger partial charge in [0.15, 0.2) is 6.61 Å². The summed E-state index contributed by atoms with van der Waals surface area (Å²) in [5, 5.41) is 1.53. The number of hydrogen-bond donors (Lipinski definition) is 0. The van der Waals surface area contributed by atoms with Gasteiger partial charge in [-0.3, -0.25) is 24.1 Å². The second-order valence-electron chi connectivity index (χ2n) is 8.98. The SMILES string of the molecule is C[C@H]1C[C@H](C)CN(C(=O)COC(=O)CCCN2C(=O)c3cccc4cccc(c34)C2=O)C1. The van der Waals surface area contributed by atoms with Gasteiger partial charge in [-0.25, -0.2) is 0 Å². The van der Waals surface area contributed by atoms with Crippen LogP contribution in [0.15, 0.2) is 36.4 Å². The molecule has 0 aromatic heterocycles. The molecule has 0 spiro atoms. The predicted molar refractivity (Wildman–Crippen MR) is 119 cm³/mol. The van der Waals surface area contributed by atoms with Gasteiger partial charge in [0.25, 0.3) is 17.7 Å². The Hall–Kier alpha value is -3.22. The highest BCUT2D eigenvalue weighted by Gasteiger charge is 2.32. The Morgan fingerprint density at radius 2 is 1.56 bits per heavy atom. The highest BCUT2D eigenvalue weighted by Crippen LogP contribution is 2.30. The molecule has 2 aromatic rings. The number of ether oxygens (including phenoxy) is 1. The van der Waals surface area contributed by atoms with Crippen LogP contribution in [0.5, 0.6) is 0 Å². The first-order valence-corrected chi connectivity index (χ1v) is 11.2. The van der Waals surface area contributed by atoms with Crippen LogP contribution in [0.3, 0.4) is 0 Å². The molecule has 2 aliphatic rings. The number of carbonyl (C=O) groups is 4. The molecule has 1 saturated heterocycles. The Balaban J connectivity index is 1.29. The van der Waals surface area contributed by atoms with E-state index in [1.165, 1.54) is 4.90 Å². The maximum absolute atomic E-state index is 12.9. The third kappa shape index (κ3) is 4.38. The van der Waals surface area contributed by atoms with E-state index in [0.29, 0.717) is 41.4 Å². The Kier molecular flexibility index (Phi) is 6.26. The van der Waals surface area contributed by atoms with Gasteiger partial charge in [0, 0.05) is 42.6 Å². The van der Waals surface area contributed by atoms with E-state index in [4.69, 9.17) is 4.74 Å². The Bertz CT molecular complexity index is 1020. The van der Waals surface area contributed by atoms with Crippen molar-refractivity contribution in [1.29, 1.82) is 0 Å². The van der Waals surface area contributed by atoms with Crippen LogP contribution >= 0.6 is 0 Å². The number of carbonyl (C=O) groups excluding carboxylic acids is 4. The molecule has 0 radical (unpaired) electrons. The van der Waals surface area contributed by atoms with E-state index >= 15 is 0 Å². The summed E-state index contributed by atoms with van der Waals surface area (Å²) in [7, 11) is 0. The number of imide groups is 1. The predicted octanol–water partition coefficient (Wildman–Crippen LogP) is 3.26. The average Bonchev–Trinajstić information content (AvgIpc) is 2.77. The van der Waals surface area contributed by atoms with Gasteiger partial charge in [-0.1, -0.05) is 38.1 Å². The summed E-state index contributed by atoms with van der Waals surface area (Å²) >= 11 is 0. The largest absolute Gasteiger partial charge is 0.456 e. The van der Waals surface area contributed by atoms with Crippen LogP contribution in [0.4, 0.5) is 0 Å². The van der Waals surface area contributed by atoms with E-state index in [-0.39, 0.29) is 43.7 Å². The lowest BCUT2D eigenvalue weighted by Gasteiger charge is -2.34. The first-order valence-electron chi connectivity index (χ1n) is 11.2. The van der Waals surface area contributed by atoms with Crippen molar-refractivity contribution in [2.75, 3.05) is 26.2 Å². The molecule has 2 aliphatic heterocycles. The van der Waals surface area contributed by atoms with E-state index in [2.05, 4.69) is 13.8 Å². The van der Waals surface area contributed by atoms with E-state index in [9.17, 15) is 19.2 Å². The summed E-state index contributed by atoms with van der Waals surface area (Å²) < 4.78 is 5.15. The van der Waals surface area contributed by atoms with Gasteiger partial charge in [-0.2, -0.15) is 0 Å². The van der Waals surface area contributed by atoms with Crippen LogP contribution in [0, 0.1) is 11.8 Å². The Labute approximate surface area is 187 Å². The standard InChI is InChI=1S/C25H28N2O5/c1-16-12-17(2)14-26(13-16)21(28)15-32-22(29)10-5-11-27-24(30)19-8-3-6-18-7-4-9-20(23(18)19)25(27)31/h3-4,6-9,16-17H,5,10-15H2,1-2H3/t16-,17-/m0/s1. The fourth-order valence-electron chi connectivity index (χ4n) is 4.84. The molecule has 3 amide bonds. The summed E-state index contributed by atoms with van der Waals surface area (Å²) in [5.41, 5.74) is 0.992. The second-order valence-corrected chi connectivity index (χ2v) is 8.98. The normalized spacial score (nSPS) is 20.6. The zero-order valence-corrected chi connectivity index (χ0v) is 18.5. The van der Waals surface area contributed by atoms with E-state index < -0.39 is 5.97 Å². The highest BCUT2D eigenvalue weighted by molar-refractivity contribution is 6.25. The number of piperidine rings is 1. The molecule has 2 aromatic carbocycles. The van der Waals surface area contributed by atoms with Crippen LogP contribution in [0.2, 0.25) is 0 Å². The topological polar surface area (TPSA) is 84.0 Å². The summed E-state index contributed by atoms with van der Waals surface area (Å²) in [5.74, 6) is -0.505. The van der Waals surface area contributed by atoms with Crippen LogP contribution in [0.25, 0.3) is 10.8 Å². The Morgan fingerprint density at radius 3 is 2.16 bits per heavy atom. The number of likely N-dealkylation sites (tertiary alicyclic amines) is 1. The number of rotatable bonds is 6. The molecule has 1 fully saturated rings. The average molecular weight is 437 g/mol. The van der Waals surface area contributed by atoms with Crippen LogP contribution < -0.4 is 0 Å². The lowest BCUT2D eigenvalue weighted by Crippen LogP contribution is -2.44. The summed E-state index contributed by atoms with van der Waals surface area (Å²) in [6.07, 6.45) is 1.40. The molecule has 0 saturated carbocycles. The highest BCUT2D eigenvalue weighted by atomic mass is 16.5. The number of benzene rings is 2. The van der Waals surface area contributed by atoms with Crippen LogP contribution in [-0.4, -0.2) is 59.7 Å². The van der Waals surface area contributed by atoms with E-state index in [1.807, 2.05) is 12.1 Å². The number of hydrogen-bond acceptors (Lipinski definition) is 5. The number of nitrogens with zero attached hydrogens (tertiary/aromatic N) is 2. The number of amides is 3. The molecular weight excluding hydrogens is 408 g/mol. The summed E-state index contributed by atoms with van der Waals surface area (Å²) in [6, 6.07) is 10.8. The fraction of sp³-hybridized carbons (Fsp3) is 0.440. The van der Waals surface area contributed by atoms with Crippen molar-refractivity contribution in [1.82, 2.24) is 9.80 Å². The van der Waals surface area contributed by atoms with Crippen LogP contribution in [0.1, 0.15) is 53.8 Å². The lowest BCUT2D eigenvalue weighted by molar-refractivity contribution is -0.153. The first kappa shape index (κ1) is 22.0. The molecule has 32 heavy (non-hydrogen) atoms. The molecular formula is C25H28N2O5. The molecule has 0 aliphatic carbocycles. The van der Waals surface area contributed by atoms with E-state index in [0.717, 1.165) is 11.8 Å². The molecule has 4 rings (SSSR count). The molecule has 7 heteroatoms. The van der Waals surface area contributed by atoms with Gasteiger partial charge in [0.1, 0.15) is 0 Å². The van der Waals surface area contributed by atoms with Crippen LogP contribution in [-0.2, 0) is 14.3 Å². The van der Waals surface area contributed by atoms with Crippen molar-refractivity contribution in [2.24, 2.45) is 11.8 Å². The summed E-state index contributed by atoms with van der Waals surface area (Å²) in [6.45, 7) is 5.46. The minimum atomic E-state index is -0.504. The molecule has 0 unspecified atom stereocenters. The molecule has 7 nitrogen and oxygen atoms in total. The molecule has 2 atom stereocenters. The molecule has 168 valence electrons. The fourth-order valence-corrected chi connectivity index (χ4v) is 4.84. The van der Waals surface area contributed by atoms with Crippen molar-refractivity contribution < 1.29 is 23.9 Å². The monoisotopic (exact) mass is 436 g/mol. The third-order valence-corrected chi connectivity index (χ3v) is 6.20. The zero-order valence-electron chi connectivity index (χ0n) is 18.5. The lowest BCUT2D eigenvalue weighted by atomic mass is 9.92. The first-order chi connectivity index (χ1) is 15.3. The molecule has 0 N–H and O–H groups in total. The van der Waals surface area contributed by atoms with Gasteiger partial charge in [0.05, 0.1) is 0 Å². The maximum atomic E-state index is 12.9. The molecule has 0 bridgehead atoms. The van der Waals surface area contributed by atoms with Gasteiger partial charge in [-0.15, -0.1) is 0 Å². The molecule has 2 heterocycles. The van der Waals surface area contributed by atoms with Gasteiger partial charge < -0.3 is 9.64 Å². The number of esters is 1. The van der Waals surface area contributed by atoms with Gasteiger partial charge >= 0.3 is 5.97 Å². The van der Waals surface area contributed by atoms with Crippen molar-refractivity contribution in [3.05, 3.63) is 47.5 Å². The van der Waals surface area contributed by atoms with Crippen molar-refractivity contribution in [3.8, 4) is 0 Å². The summed E-state index contributed by atoms with van der Waals surface area (Å²) in [4.78, 5) is 53.2. The van der Waals surface area contributed by atoms with E-state index in [1.54, 1.807) is 29.2 Å². The van der Waals surface area contributed by atoms with Crippen molar-refractivity contribution in [3.63, 3.8) is 0 Å². The smallest absolute Gasteiger partial charge is 0.306 e. The third-order valence-electron chi connectivity index (χ3n) is 6.20. The van der Waals surface area contributed by atoms with Crippen molar-refractivity contribution >= 4 is 34.5 Å². The maximum Gasteiger partial charge on any atom is 0.306 e. The van der Waals surface area contributed by atoms with Gasteiger partial charge in [-0.05, 0) is 42.2 Å². The minimum Gasteiger partial charge on any atom is -0.456 e. The van der Waals surface area contributed by atoms with Crippen molar-refractivity contribution in [2.45, 2.75) is 33.1 Å².